The van der Waals surface area contributed by atoms with Crippen LogP contribution in [0.25, 0.3) is 0 Å². The van der Waals surface area contributed by atoms with Crippen molar-refractivity contribution in [2.24, 2.45) is 10.8 Å². The molecule has 0 unspecified atom stereocenters. The van der Waals surface area contributed by atoms with Crippen molar-refractivity contribution >= 4 is 11.4 Å². The Balaban J connectivity index is 0.000000717. The topological polar surface area (TPSA) is 6.48 Å². The fraction of sp³-hybridized carbons (Fsp3) is 0.476. The van der Waals surface area contributed by atoms with E-state index in [1.807, 2.05) is 70.5 Å². The summed E-state index contributed by atoms with van der Waals surface area (Å²) in [6.45, 7) is 20.2. The first-order valence-electron chi connectivity index (χ1n) is 17.4. The van der Waals surface area contributed by atoms with Crippen LogP contribution in [-0.2, 0) is 21.7 Å². The molecule has 49 heavy (non-hydrogen) atoms. The van der Waals surface area contributed by atoms with E-state index in [1.54, 1.807) is 0 Å². The molecule has 0 aliphatic heterocycles. The first-order valence-corrected chi connectivity index (χ1v) is 17.4. The molecule has 0 bridgehead atoms. The molecule has 0 heterocycles. The zero-order valence-electron chi connectivity index (χ0n) is 31.1. The Bertz CT molecular complexity index is 1200. The van der Waals surface area contributed by atoms with Crippen LogP contribution in [0.5, 0.6) is 0 Å². The fourth-order valence-electron chi connectivity index (χ4n) is 4.53. The summed E-state index contributed by atoms with van der Waals surface area (Å²) in [7, 11) is 0. The number of halogens is 4. The second-order valence-corrected chi connectivity index (χ2v) is 13.5. The van der Waals surface area contributed by atoms with E-state index in [1.165, 1.54) is 24.3 Å². The molecule has 0 atom stereocenters. The van der Waals surface area contributed by atoms with Gasteiger partial charge in [0.25, 0.3) is 0 Å². The van der Waals surface area contributed by atoms with Crippen molar-refractivity contribution < 1.29 is 39.3 Å². The zero-order valence-corrected chi connectivity index (χ0v) is 32.6. The van der Waals surface area contributed by atoms with E-state index in [9.17, 15) is 17.6 Å². The summed E-state index contributed by atoms with van der Waals surface area (Å²) in [6, 6.07) is 29.8. The molecule has 7 heteroatoms. The van der Waals surface area contributed by atoms with Crippen LogP contribution in [0.3, 0.4) is 0 Å². The fourth-order valence-corrected chi connectivity index (χ4v) is 4.53. The minimum atomic E-state index is -0.647. The van der Waals surface area contributed by atoms with E-state index in [0.29, 0.717) is 11.4 Å². The SMILES string of the molecule is CCCCN(CC(C)(C)CC)c1ccc(F)[c-]c1F.CCCCN(CC(C)(C)CC)c1ccc(F)[c-]c1F.[Ti+4].c1cc[cH-]c1.c1cc[cH-]c1. The Morgan fingerprint density at radius 1 is 0.571 bits per heavy atom. The third-order valence-electron chi connectivity index (χ3n) is 8.19. The predicted octanol–water partition coefficient (Wildman–Crippen LogP) is 12.4. The molecule has 0 aromatic heterocycles. The maximum atomic E-state index is 13.9. The Morgan fingerprint density at radius 3 is 1.12 bits per heavy atom. The molecule has 0 fully saturated rings. The molecule has 0 saturated carbocycles. The van der Waals surface area contributed by atoms with Crippen LogP contribution in [0.15, 0.2) is 84.9 Å². The molecule has 0 aliphatic rings. The van der Waals surface area contributed by atoms with Gasteiger partial charge in [-0.05, 0) is 47.9 Å². The normalized spacial score (nSPS) is 10.7. The van der Waals surface area contributed by atoms with E-state index in [2.05, 4.69) is 67.5 Å². The smallest absolute Gasteiger partial charge is 0.421 e. The monoisotopic (exact) mass is 714 g/mol. The summed E-state index contributed by atoms with van der Waals surface area (Å²) in [6.07, 6.45) is 6.13. The van der Waals surface area contributed by atoms with Gasteiger partial charge in [-0.1, -0.05) is 68.2 Å². The minimum Gasteiger partial charge on any atom is -0.421 e. The van der Waals surface area contributed by atoms with Gasteiger partial charge in [-0.15, -0.1) is 36.4 Å². The molecule has 0 radical (unpaired) electrons. The molecule has 0 saturated heterocycles. The molecule has 4 aromatic rings. The predicted molar refractivity (Wildman–Crippen MR) is 197 cm³/mol. The Morgan fingerprint density at radius 2 is 0.898 bits per heavy atom. The summed E-state index contributed by atoms with van der Waals surface area (Å²) in [5.41, 5.74) is 1.12. The van der Waals surface area contributed by atoms with Crippen molar-refractivity contribution in [3.05, 3.63) is 120 Å². The molecular formula is C42H58F4N2Ti. The first-order chi connectivity index (χ1) is 22.8. The van der Waals surface area contributed by atoms with Gasteiger partial charge in [-0.3, -0.25) is 0 Å². The third-order valence-corrected chi connectivity index (χ3v) is 8.19. The molecule has 2 nitrogen and oxygen atoms in total. The number of nitrogens with zero attached hydrogens (tertiary/aromatic N) is 2. The number of rotatable bonds is 14. The molecule has 0 N–H and O–H groups in total. The van der Waals surface area contributed by atoms with Crippen LogP contribution in [0.2, 0.25) is 0 Å². The second-order valence-electron chi connectivity index (χ2n) is 13.5. The average Bonchev–Trinajstić information content (AvgIpc) is 3.82. The van der Waals surface area contributed by atoms with Gasteiger partial charge in [-0.2, -0.15) is 36.4 Å². The van der Waals surface area contributed by atoms with E-state index in [-0.39, 0.29) is 32.5 Å². The van der Waals surface area contributed by atoms with Crippen LogP contribution < -0.4 is 9.80 Å². The molecule has 0 amide bonds. The van der Waals surface area contributed by atoms with E-state index >= 15 is 0 Å². The average molecular weight is 715 g/mol. The van der Waals surface area contributed by atoms with Crippen molar-refractivity contribution in [1.82, 2.24) is 0 Å². The van der Waals surface area contributed by atoms with Crippen LogP contribution in [0.4, 0.5) is 28.9 Å². The number of benzene rings is 2. The molecule has 0 spiro atoms. The standard InChI is InChI=1S/2C16H24F2N.2C5H5.Ti/c2*1-5-7-10-19(12-16(3,4)6-2)15-9-8-13(17)11-14(15)18;2*1-2-4-5-3-1;/h2*8-9H,5-7,10,12H2,1-4H3;2*1-5H;/q4*-1;+4. The van der Waals surface area contributed by atoms with Crippen molar-refractivity contribution in [3.63, 3.8) is 0 Å². The van der Waals surface area contributed by atoms with Crippen molar-refractivity contribution in [2.75, 3.05) is 36.0 Å². The van der Waals surface area contributed by atoms with E-state index in [4.69, 9.17) is 0 Å². The van der Waals surface area contributed by atoms with Gasteiger partial charge >= 0.3 is 21.7 Å². The number of hydrogen-bond donors (Lipinski definition) is 0. The Hall–Kier alpha value is -2.83. The van der Waals surface area contributed by atoms with E-state index in [0.717, 1.165) is 64.7 Å². The quantitative estimate of drug-likeness (QED) is 0.0729. The molecule has 268 valence electrons. The maximum absolute atomic E-state index is 13.9. The molecule has 4 rings (SSSR count). The van der Waals surface area contributed by atoms with Gasteiger partial charge in [0.1, 0.15) is 0 Å². The maximum Gasteiger partial charge on any atom is 4.00 e. The van der Waals surface area contributed by atoms with Crippen molar-refractivity contribution in [2.45, 2.75) is 93.9 Å². The van der Waals surface area contributed by atoms with Crippen LogP contribution in [0.1, 0.15) is 93.9 Å². The van der Waals surface area contributed by atoms with Gasteiger partial charge in [0, 0.05) is 49.4 Å². The van der Waals surface area contributed by atoms with Gasteiger partial charge in [0.05, 0.1) is 0 Å². The van der Waals surface area contributed by atoms with Crippen LogP contribution in [-0.4, -0.2) is 26.2 Å². The number of unbranched alkanes of at least 4 members (excludes halogenated alkanes) is 2. The first kappa shape index (κ1) is 46.2. The van der Waals surface area contributed by atoms with Gasteiger partial charge in [0.2, 0.25) is 0 Å². The van der Waals surface area contributed by atoms with Crippen molar-refractivity contribution in [1.29, 1.82) is 0 Å². The Labute approximate surface area is 310 Å². The zero-order chi connectivity index (χ0) is 36.0. The van der Waals surface area contributed by atoms with Crippen LogP contribution in [0, 0.1) is 46.2 Å². The van der Waals surface area contributed by atoms with Gasteiger partial charge in [-0.25, -0.2) is 41.8 Å². The summed E-state index contributed by atoms with van der Waals surface area (Å²) in [5, 5.41) is 0. The molecular weight excluding hydrogens is 656 g/mol. The minimum absolute atomic E-state index is 0. The van der Waals surface area contributed by atoms with E-state index < -0.39 is 23.3 Å². The summed E-state index contributed by atoms with van der Waals surface area (Å²) in [4.78, 5) is 4.02. The van der Waals surface area contributed by atoms with Crippen molar-refractivity contribution in [3.8, 4) is 0 Å². The Kier molecular flexibility index (Phi) is 23.7. The molecule has 0 aliphatic carbocycles. The largest absolute Gasteiger partial charge is 4.00 e. The number of anilines is 2. The molecule has 4 aromatic carbocycles. The second kappa shape index (κ2) is 25.2. The summed E-state index contributed by atoms with van der Waals surface area (Å²) >= 11 is 0. The summed E-state index contributed by atoms with van der Waals surface area (Å²) < 4.78 is 53.6. The number of hydrogen-bond acceptors (Lipinski definition) is 2. The van der Waals surface area contributed by atoms with Crippen LogP contribution >= 0.6 is 0 Å². The van der Waals surface area contributed by atoms with Gasteiger partial charge in [0.15, 0.2) is 0 Å². The third kappa shape index (κ3) is 19.8. The summed E-state index contributed by atoms with van der Waals surface area (Å²) in [5.74, 6) is -2.48. The van der Waals surface area contributed by atoms with Gasteiger partial charge < -0.3 is 9.80 Å².